The fraction of sp³-hybridized carbons (Fsp3) is 0.435. The lowest BCUT2D eigenvalue weighted by Crippen LogP contribution is -2.37. The molecule has 1 heterocycles. The van der Waals surface area contributed by atoms with Crippen LogP contribution in [0.3, 0.4) is 0 Å². The first-order valence-corrected chi connectivity index (χ1v) is 9.85. The van der Waals surface area contributed by atoms with Gasteiger partial charge in [0, 0.05) is 29.3 Å². The molecule has 1 aromatic rings. The largest absolute Gasteiger partial charge is 0.493 e. The summed E-state index contributed by atoms with van der Waals surface area (Å²) >= 11 is 0. The Balaban J connectivity index is 2.21. The van der Waals surface area contributed by atoms with Crippen LogP contribution in [-0.2, 0) is 14.3 Å². The molecule has 7 heteroatoms. The maximum atomic E-state index is 13.0. The van der Waals surface area contributed by atoms with Gasteiger partial charge in [0.15, 0.2) is 17.3 Å². The second kappa shape index (κ2) is 9.15. The maximum absolute atomic E-state index is 13.0. The Morgan fingerprint density at radius 3 is 2.40 bits per heavy atom. The van der Waals surface area contributed by atoms with Crippen LogP contribution >= 0.6 is 0 Å². The number of allylic oxidation sites excluding steroid dienone is 2. The minimum Gasteiger partial charge on any atom is -0.493 e. The van der Waals surface area contributed by atoms with Crippen LogP contribution in [0.1, 0.15) is 37.7 Å². The number of nitrogens with zero attached hydrogens (tertiary/aromatic N) is 1. The van der Waals surface area contributed by atoms with Gasteiger partial charge in [-0.15, -0.1) is 0 Å². The molecule has 7 nitrogen and oxygen atoms in total. The molecule has 0 spiro atoms. The van der Waals surface area contributed by atoms with E-state index in [4.69, 9.17) is 18.9 Å². The van der Waals surface area contributed by atoms with Gasteiger partial charge in [0.25, 0.3) is 0 Å². The lowest BCUT2D eigenvalue weighted by molar-refractivity contribution is -0.145. The summed E-state index contributed by atoms with van der Waals surface area (Å²) in [5, 5.41) is 0. The molecule has 1 aliphatic carbocycles. The van der Waals surface area contributed by atoms with E-state index < -0.39 is 17.8 Å². The fourth-order valence-electron chi connectivity index (χ4n) is 4.18. The number of benzene rings is 1. The van der Waals surface area contributed by atoms with Gasteiger partial charge in [0.05, 0.1) is 21.3 Å². The van der Waals surface area contributed by atoms with Gasteiger partial charge in [-0.3, -0.25) is 14.6 Å². The van der Waals surface area contributed by atoms with Gasteiger partial charge in [-0.1, -0.05) is 12.7 Å². The van der Waals surface area contributed by atoms with E-state index in [2.05, 4.69) is 11.6 Å². The molecule has 0 saturated heterocycles. The molecule has 0 radical (unpaired) electrons. The summed E-state index contributed by atoms with van der Waals surface area (Å²) in [4.78, 5) is 30.6. The van der Waals surface area contributed by atoms with Gasteiger partial charge in [-0.05, 0) is 37.5 Å². The van der Waals surface area contributed by atoms with Crippen molar-refractivity contribution in [1.82, 2.24) is 0 Å². The van der Waals surface area contributed by atoms with E-state index in [0.29, 0.717) is 46.9 Å². The Labute approximate surface area is 176 Å². The lowest BCUT2D eigenvalue weighted by Gasteiger charge is -2.34. The van der Waals surface area contributed by atoms with Crippen LogP contribution in [0, 0.1) is 5.92 Å². The lowest BCUT2D eigenvalue weighted by atomic mass is 9.71. The number of aliphatic imine (C=N–C) groups is 1. The van der Waals surface area contributed by atoms with Crippen molar-refractivity contribution in [2.24, 2.45) is 10.9 Å². The van der Waals surface area contributed by atoms with Crippen molar-refractivity contribution >= 4 is 17.5 Å². The van der Waals surface area contributed by atoms with Crippen molar-refractivity contribution in [3.63, 3.8) is 0 Å². The Hall–Kier alpha value is -3.09. The average molecular weight is 413 g/mol. The monoisotopic (exact) mass is 413 g/mol. The molecule has 3 rings (SSSR count). The van der Waals surface area contributed by atoms with Crippen LogP contribution in [0.15, 0.2) is 41.1 Å². The Kier molecular flexibility index (Phi) is 6.59. The fourth-order valence-corrected chi connectivity index (χ4v) is 4.18. The Morgan fingerprint density at radius 2 is 1.83 bits per heavy atom. The number of hydrogen-bond donors (Lipinski definition) is 0. The zero-order valence-electron chi connectivity index (χ0n) is 17.8. The predicted molar refractivity (Wildman–Crippen MR) is 112 cm³/mol. The molecule has 2 aliphatic rings. The molecule has 0 bridgehead atoms. The van der Waals surface area contributed by atoms with E-state index in [1.807, 2.05) is 0 Å². The molecule has 1 aliphatic heterocycles. The highest BCUT2D eigenvalue weighted by molar-refractivity contribution is 6.08. The van der Waals surface area contributed by atoms with E-state index in [0.717, 1.165) is 12.1 Å². The third kappa shape index (κ3) is 3.84. The summed E-state index contributed by atoms with van der Waals surface area (Å²) < 4.78 is 21.8. The van der Waals surface area contributed by atoms with Gasteiger partial charge in [0.1, 0.15) is 12.5 Å². The van der Waals surface area contributed by atoms with Crippen LogP contribution < -0.4 is 14.2 Å². The minimum absolute atomic E-state index is 0.00720. The Bertz CT molecular complexity index is 905. The van der Waals surface area contributed by atoms with Crippen LogP contribution in [0.5, 0.6) is 17.2 Å². The first kappa shape index (κ1) is 21.6. The van der Waals surface area contributed by atoms with Crippen molar-refractivity contribution in [1.29, 1.82) is 0 Å². The molecule has 160 valence electrons. The molecule has 0 aromatic heterocycles. The number of ether oxygens (including phenoxy) is 4. The first-order chi connectivity index (χ1) is 14.5. The van der Waals surface area contributed by atoms with Gasteiger partial charge >= 0.3 is 5.97 Å². The van der Waals surface area contributed by atoms with Gasteiger partial charge in [0.2, 0.25) is 5.75 Å². The zero-order valence-corrected chi connectivity index (χ0v) is 17.8. The van der Waals surface area contributed by atoms with Gasteiger partial charge in [-0.25, -0.2) is 0 Å². The van der Waals surface area contributed by atoms with E-state index in [-0.39, 0.29) is 12.4 Å². The summed E-state index contributed by atoms with van der Waals surface area (Å²) in [5.41, 5.74) is 2.65. The molecule has 30 heavy (non-hydrogen) atoms. The number of Topliss-reactive ketones (excluding diaryl/α,β-unsaturated/α-hetero) is 1. The number of carbonyl (C=O) groups excluding carboxylic acids is 2. The molecule has 1 unspecified atom stereocenters. The maximum Gasteiger partial charge on any atom is 0.315 e. The molecule has 0 saturated carbocycles. The summed E-state index contributed by atoms with van der Waals surface area (Å²) in [6.07, 6.45) is 3.40. The van der Waals surface area contributed by atoms with Crippen molar-refractivity contribution in [3.05, 3.63) is 41.6 Å². The number of esters is 1. The van der Waals surface area contributed by atoms with Gasteiger partial charge in [-0.2, -0.15) is 0 Å². The second-order valence-electron chi connectivity index (χ2n) is 7.22. The highest BCUT2D eigenvalue weighted by Gasteiger charge is 2.43. The van der Waals surface area contributed by atoms with E-state index in [9.17, 15) is 9.59 Å². The number of rotatable bonds is 7. The summed E-state index contributed by atoms with van der Waals surface area (Å²) in [6.45, 7) is 5.49. The Morgan fingerprint density at radius 1 is 1.17 bits per heavy atom. The van der Waals surface area contributed by atoms with Crippen molar-refractivity contribution in [2.45, 2.75) is 32.1 Å². The number of ketones is 1. The number of methoxy groups -OCH3 is 3. The van der Waals surface area contributed by atoms with Gasteiger partial charge < -0.3 is 18.9 Å². The van der Waals surface area contributed by atoms with Crippen LogP contribution in [0.2, 0.25) is 0 Å². The molecular formula is C23H27NO6. The summed E-state index contributed by atoms with van der Waals surface area (Å²) in [5.74, 6) is -0.358. The number of carbonyl (C=O) groups is 2. The van der Waals surface area contributed by atoms with Crippen molar-refractivity contribution in [2.75, 3.05) is 27.9 Å². The zero-order chi connectivity index (χ0) is 21.8. The smallest absolute Gasteiger partial charge is 0.315 e. The minimum atomic E-state index is -0.728. The topological polar surface area (TPSA) is 83.4 Å². The van der Waals surface area contributed by atoms with Crippen LogP contribution in [0.4, 0.5) is 0 Å². The molecule has 0 fully saturated rings. The highest BCUT2D eigenvalue weighted by Crippen LogP contribution is 2.47. The van der Waals surface area contributed by atoms with E-state index in [1.54, 1.807) is 19.1 Å². The van der Waals surface area contributed by atoms with E-state index in [1.165, 1.54) is 27.4 Å². The average Bonchev–Trinajstić information content (AvgIpc) is 2.75. The van der Waals surface area contributed by atoms with Crippen LogP contribution in [0.25, 0.3) is 0 Å². The standard InChI is InChI=1S/C23H27NO6/c1-6-10-30-23(26)19-13(2)24-15-8-7-9-16(25)21(15)20(19)14-11-17(27-3)22(29-5)18(12-14)28-4/h6,11-12,19-20H,1,7-10H2,2-5H3/t19?,20-/m1/s1. The van der Waals surface area contributed by atoms with Crippen LogP contribution in [-0.4, -0.2) is 45.4 Å². The molecule has 0 N–H and O–H groups in total. The van der Waals surface area contributed by atoms with Crippen molar-refractivity contribution < 1.29 is 28.5 Å². The predicted octanol–water partition coefficient (Wildman–Crippen LogP) is 3.62. The van der Waals surface area contributed by atoms with E-state index >= 15 is 0 Å². The first-order valence-electron chi connectivity index (χ1n) is 9.85. The third-order valence-electron chi connectivity index (χ3n) is 5.48. The molecule has 1 aromatic carbocycles. The van der Waals surface area contributed by atoms with Crippen molar-refractivity contribution in [3.8, 4) is 17.2 Å². The summed E-state index contributed by atoms with van der Waals surface area (Å²) in [7, 11) is 4.58. The number of hydrogen-bond acceptors (Lipinski definition) is 7. The highest BCUT2D eigenvalue weighted by atomic mass is 16.5. The molecule has 0 amide bonds. The second-order valence-corrected chi connectivity index (χ2v) is 7.22. The quantitative estimate of drug-likeness (QED) is 0.501. The summed E-state index contributed by atoms with van der Waals surface area (Å²) in [6, 6.07) is 3.57. The third-order valence-corrected chi connectivity index (χ3v) is 5.48. The SMILES string of the molecule is C=CCOC(=O)C1C(C)=NC2=C(C(=O)CCC2)[C@@H]1c1cc(OC)c(OC)c(OC)c1. The molecule has 2 atom stereocenters. The normalized spacial score (nSPS) is 20.8. The molecular weight excluding hydrogens is 386 g/mol.